The minimum absolute atomic E-state index is 0.140. The molecule has 15 heavy (non-hydrogen) atoms. The highest BCUT2D eigenvalue weighted by atomic mass is 15.5. The Bertz CT molecular complexity index is 420. The highest BCUT2D eigenvalue weighted by Crippen LogP contribution is 2.13. The van der Waals surface area contributed by atoms with E-state index in [0.717, 1.165) is 12.1 Å². The van der Waals surface area contributed by atoms with Crippen LogP contribution in [0, 0.1) is 0 Å². The summed E-state index contributed by atoms with van der Waals surface area (Å²) in [5.74, 6) is 0. The van der Waals surface area contributed by atoms with E-state index in [0.29, 0.717) is 0 Å². The number of rotatable bonds is 3. The van der Waals surface area contributed by atoms with Crippen molar-refractivity contribution in [2.45, 2.75) is 19.4 Å². The summed E-state index contributed by atoms with van der Waals surface area (Å²) in [6, 6.07) is 8.18. The summed E-state index contributed by atoms with van der Waals surface area (Å²) >= 11 is 0. The van der Waals surface area contributed by atoms with E-state index in [1.165, 1.54) is 5.56 Å². The molecule has 1 heterocycles. The van der Waals surface area contributed by atoms with E-state index in [1.54, 1.807) is 17.2 Å². The number of para-hydroxylation sites is 1. The summed E-state index contributed by atoms with van der Waals surface area (Å²) in [6.45, 7) is 1.99. The highest BCUT2D eigenvalue weighted by molar-refractivity contribution is 5.39. The molecular weight excluding hydrogens is 188 g/mol. The lowest BCUT2D eigenvalue weighted by atomic mass is 10.1. The monoisotopic (exact) mass is 202 g/mol. The van der Waals surface area contributed by atoms with Gasteiger partial charge in [-0.05, 0) is 25.0 Å². The summed E-state index contributed by atoms with van der Waals surface area (Å²) in [4.78, 5) is 1.62. The van der Waals surface area contributed by atoms with Gasteiger partial charge in [-0.15, -0.1) is 0 Å². The molecular formula is C11H14N4. The van der Waals surface area contributed by atoms with E-state index in [2.05, 4.69) is 16.3 Å². The summed E-state index contributed by atoms with van der Waals surface area (Å²) < 4.78 is 0. The molecule has 0 fully saturated rings. The van der Waals surface area contributed by atoms with Gasteiger partial charge in [-0.25, -0.2) is 0 Å². The predicted octanol–water partition coefficient (Wildman–Crippen LogP) is 1.16. The SMILES string of the molecule is CC(N)Cc1ccccc1-n1nccn1. The fraction of sp³-hybridized carbons (Fsp3) is 0.273. The van der Waals surface area contributed by atoms with Gasteiger partial charge in [0, 0.05) is 6.04 Å². The summed E-state index contributed by atoms with van der Waals surface area (Å²) in [5.41, 5.74) is 7.97. The van der Waals surface area contributed by atoms with Crippen LogP contribution in [0.15, 0.2) is 36.7 Å². The Hall–Kier alpha value is -1.68. The first kappa shape index (κ1) is 9.86. The normalized spacial score (nSPS) is 12.7. The van der Waals surface area contributed by atoms with Gasteiger partial charge in [-0.1, -0.05) is 18.2 Å². The quantitative estimate of drug-likeness (QED) is 0.812. The van der Waals surface area contributed by atoms with Crippen LogP contribution >= 0.6 is 0 Å². The number of benzene rings is 1. The van der Waals surface area contributed by atoms with Crippen molar-refractivity contribution in [2.24, 2.45) is 5.73 Å². The molecule has 78 valence electrons. The molecule has 4 heteroatoms. The Morgan fingerprint density at radius 3 is 2.60 bits per heavy atom. The minimum atomic E-state index is 0.140. The largest absolute Gasteiger partial charge is 0.328 e. The van der Waals surface area contributed by atoms with Gasteiger partial charge < -0.3 is 5.73 Å². The van der Waals surface area contributed by atoms with Gasteiger partial charge in [0.2, 0.25) is 0 Å². The Balaban J connectivity index is 2.38. The molecule has 2 rings (SSSR count). The number of nitrogens with two attached hydrogens (primary N) is 1. The van der Waals surface area contributed by atoms with Crippen molar-refractivity contribution in [3.05, 3.63) is 42.2 Å². The molecule has 2 aromatic rings. The molecule has 1 aromatic carbocycles. The maximum Gasteiger partial charge on any atom is 0.0889 e. The van der Waals surface area contributed by atoms with E-state index in [1.807, 2.05) is 25.1 Å². The van der Waals surface area contributed by atoms with Gasteiger partial charge in [0.25, 0.3) is 0 Å². The Morgan fingerprint density at radius 2 is 1.93 bits per heavy atom. The van der Waals surface area contributed by atoms with Crippen LogP contribution in [0.3, 0.4) is 0 Å². The fourth-order valence-electron chi connectivity index (χ4n) is 1.57. The molecule has 1 unspecified atom stereocenters. The summed E-state index contributed by atoms with van der Waals surface area (Å²) in [5, 5.41) is 8.24. The smallest absolute Gasteiger partial charge is 0.0889 e. The van der Waals surface area contributed by atoms with Crippen LogP contribution in [0.5, 0.6) is 0 Å². The molecule has 1 aromatic heterocycles. The van der Waals surface area contributed by atoms with Crippen molar-refractivity contribution in [3.63, 3.8) is 0 Å². The number of hydrogen-bond acceptors (Lipinski definition) is 3. The van der Waals surface area contributed by atoms with E-state index in [-0.39, 0.29) is 6.04 Å². The van der Waals surface area contributed by atoms with Crippen LogP contribution in [-0.4, -0.2) is 21.0 Å². The lowest BCUT2D eigenvalue weighted by Gasteiger charge is -2.10. The average molecular weight is 202 g/mol. The predicted molar refractivity (Wildman–Crippen MR) is 58.7 cm³/mol. The molecule has 0 saturated carbocycles. The van der Waals surface area contributed by atoms with E-state index in [4.69, 9.17) is 5.73 Å². The molecule has 0 bridgehead atoms. The average Bonchev–Trinajstić information content (AvgIpc) is 2.70. The third-order valence-corrected chi connectivity index (χ3v) is 2.17. The van der Waals surface area contributed by atoms with Gasteiger partial charge in [0.05, 0.1) is 18.1 Å². The second-order valence-corrected chi connectivity index (χ2v) is 3.63. The highest BCUT2D eigenvalue weighted by Gasteiger charge is 2.06. The van der Waals surface area contributed by atoms with Crippen LogP contribution in [0.2, 0.25) is 0 Å². The first-order chi connectivity index (χ1) is 7.27. The molecule has 0 amide bonds. The van der Waals surface area contributed by atoms with Crippen LogP contribution < -0.4 is 5.73 Å². The Kier molecular flexibility index (Phi) is 2.78. The minimum Gasteiger partial charge on any atom is -0.328 e. The van der Waals surface area contributed by atoms with Gasteiger partial charge in [-0.3, -0.25) is 0 Å². The van der Waals surface area contributed by atoms with Crippen LogP contribution in [0.25, 0.3) is 5.69 Å². The second-order valence-electron chi connectivity index (χ2n) is 3.63. The molecule has 0 saturated heterocycles. The van der Waals surface area contributed by atoms with Crippen molar-refractivity contribution in [1.82, 2.24) is 15.0 Å². The van der Waals surface area contributed by atoms with Gasteiger partial charge in [0.15, 0.2) is 0 Å². The number of aromatic nitrogens is 3. The van der Waals surface area contributed by atoms with Gasteiger partial charge in [0.1, 0.15) is 0 Å². The van der Waals surface area contributed by atoms with Gasteiger partial charge >= 0.3 is 0 Å². The fourth-order valence-corrected chi connectivity index (χ4v) is 1.57. The number of hydrogen-bond donors (Lipinski definition) is 1. The lowest BCUT2D eigenvalue weighted by molar-refractivity contribution is 0.703. The third-order valence-electron chi connectivity index (χ3n) is 2.17. The zero-order chi connectivity index (χ0) is 10.7. The molecule has 2 N–H and O–H groups in total. The first-order valence-corrected chi connectivity index (χ1v) is 4.97. The zero-order valence-corrected chi connectivity index (χ0v) is 8.67. The molecule has 0 aliphatic rings. The molecule has 0 aliphatic carbocycles. The summed E-state index contributed by atoms with van der Waals surface area (Å²) in [6.07, 6.45) is 4.17. The van der Waals surface area contributed by atoms with Crippen LogP contribution in [0.1, 0.15) is 12.5 Å². The maximum absolute atomic E-state index is 5.80. The van der Waals surface area contributed by atoms with E-state index < -0.39 is 0 Å². The van der Waals surface area contributed by atoms with Crippen molar-refractivity contribution in [3.8, 4) is 5.69 Å². The molecule has 0 radical (unpaired) electrons. The van der Waals surface area contributed by atoms with E-state index >= 15 is 0 Å². The third kappa shape index (κ3) is 2.22. The van der Waals surface area contributed by atoms with Crippen molar-refractivity contribution < 1.29 is 0 Å². The molecule has 1 atom stereocenters. The van der Waals surface area contributed by atoms with E-state index in [9.17, 15) is 0 Å². The summed E-state index contributed by atoms with van der Waals surface area (Å²) in [7, 11) is 0. The Labute approximate surface area is 88.7 Å². The van der Waals surface area contributed by atoms with Crippen LogP contribution in [0.4, 0.5) is 0 Å². The molecule has 0 aliphatic heterocycles. The number of nitrogens with zero attached hydrogens (tertiary/aromatic N) is 3. The lowest BCUT2D eigenvalue weighted by Crippen LogP contribution is -2.19. The maximum atomic E-state index is 5.80. The molecule has 4 nitrogen and oxygen atoms in total. The topological polar surface area (TPSA) is 56.7 Å². The van der Waals surface area contributed by atoms with Gasteiger partial charge in [-0.2, -0.15) is 15.0 Å². The molecule has 0 spiro atoms. The second kappa shape index (κ2) is 4.23. The van der Waals surface area contributed by atoms with Crippen molar-refractivity contribution in [2.75, 3.05) is 0 Å². The van der Waals surface area contributed by atoms with Crippen LogP contribution in [-0.2, 0) is 6.42 Å². The Morgan fingerprint density at radius 1 is 1.27 bits per heavy atom. The standard InChI is InChI=1S/C11H14N4/c1-9(12)8-10-4-2-3-5-11(10)15-13-6-7-14-15/h2-7,9H,8,12H2,1H3. The van der Waals surface area contributed by atoms with Crippen molar-refractivity contribution in [1.29, 1.82) is 0 Å². The first-order valence-electron chi connectivity index (χ1n) is 4.97. The van der Waals surface area contributed by atoms with Crippen molar-refractivity contribution >= 4 is 0 Å². The zero-order valence-electron chi connectivity index (χ0n) is 8.67.